The van der Waals surface area contributed by atoms with E-state index in [1.165, 1.54) is 0 Å². The predicted octanol–water partition coefficient (Wildman–Crippen LogP) is 6.60. The number of carbonyl (C=O) groups excluding carboxylic acids is 1. The Morgan fingerprint density at radius 1 is 0.500 bits per heavy atom. The molecule has 0 radical (unpaired) electrons. The average molecular weight is 540 g/mol. The van der Waals surface area contributed by atoms with Gasteiger partial charge in [-0.1, -0.05) is 18.2 Å². The minimum absolute atomic E-state index is 0.521. The first-order valence-corrected chi connectivity index (χ1v) is 7.74. The highest BCUT2D eigenvalue weighted by Crippen LogP contribution is 2.64. The van der Waals surface area contributed by atoms with E-state index < -0.39 is 59.4 Å². The van der Waals surface area contributed by atoms with Crippen molar-refractivity contribution in [1.29, 1.82) is 0 Å². The Labute approximate surface area is 175 Å². The van der Waals surface area contributed by atoms with Gasteiger partial charge in [-0.25, -0.2) is 4.79 Å². The molecular weight excluding hydrogens is 535 g/mol. The van der Waals surface area contributed by atoms with Gasteiger partial charge in [-0.2, -0.15) is 74.6 Å². The molecule has 0 fully saturated rings. The van der Waals surface area contributed by atoms with Crippen molar-refractivity contribution in [2.75, 3.05) is 0 Å². The largest absolute Gasteiger partial charge is 0.460 e. The standard InChI is InChI=1S/C15H5F17O2/c16-8(17,7(33)34-6-4-2-1-3-5-6)9(18,19)10(20,21)11(22,23)12(24,25)13(26,27)14(28,29)15(30,31)32/h1-5H. The van der Waals surface area contributed by atoms with Gasteiger partial charge in [-0.05, 0) is 12.1 Å². The number of ether oxygens (including phenoxy) is 1. The van der Waals surface area contributed by atoms with E-state index in [1.807, 2.05) is 0 Å². The van der Waals surface area contributed by atoms with Gasteiger partial charge in [-0.3, -0.25) is 0 Å². The second-order valence-corrected chi connectivity index (χ2v) is 6.22. The third-order valence-electron chi connectivity index (χ3n) is 3.93. The Balaban J connectivity index is 3.57. The minimum atomic E-state index is -8.76. The molecule has 0 unspecified atom stereocenters. The number of carbonyl (C=O) groups is 1. The molecule has 34 heavy (non-hydrogen) atoms. The normalized spacial score (nSPS) is 15.3. The van der Waals surface area contributed by atoms with Gasteiger partial charge in [0, 0.05) is 0 Å². The lowest BCUT2D eigenvalue weighted by Crippen LogP contribution is -2.75. The zero-order chi connectivity index (χ0) is 27.4. The summed E-state index contributed by atoms with van der Waals surface area (Å²) in [5.74, 6) is -63.3. The number of halogens is 17. The van der Waals surface area contributed by atoms with Gasteiger partial charge in [0.25, 0.3) is 0 Å². The number of esters is 1. The summed E-state index contributed by atoms with van der Waals surface area (Å²) in [6.07, 6.45) is -7.84. The Kier molecular flexibility index (Phi) is 6.97. The van der Waals surface area contributed by atoms with Crippen LogP contribution in [0.2, 0.25) is 0 Å². The molecule has 0 aliphatic rings. The zero-order valence-electron chi connectivity index (χ0n) is 15.1. The smallest absolute Gasteiger partial charge is 0.422 e. The molecule has 19 heteroatoms. The SMILES string of the molecule is O=C(Oc1ccccc1)C(F)(F)C(F)(F)C(F)(F)C(F)(F)C(F)(F)C(F)(F)C(F)(F)C(F)(F)F. The fourth-order valence-electron chi connectivity index (χ4n) is 1.95. The van der Waals surface area contributed by atoms with Gasteiger partial charge in [-0.15, -0.1) is 0 Å². The van der Waals surface area contributed by atoms with E-state index in [1.54, 1.807) is 0 Å². The lowest BCUT2D eigenvalue weighted by Gasteiger charge is -2.42. The molecule has 0 bridgehead atoms. The number of hydrogen-bond donors (Lipinski definition) is 0. The van der Waals surface area contributed by atoms with E-state index in [4.69, 9.17) is 0 Å². The molecule has 0 aromatic heterocycles. The van der Waals surface area contributed by atoms with E-state index >= 15 is 0 Å². The fourth-order valence-corrected chi connectivity index (χ4v) is 1.95. The molecule has 0 heterocycles. The number of para-hydroxylation sites is 1. The highest BCUT2D eigenvalue weighted by Gasteiger charge is 2.95. The van der Waals surface area contributed by atoms with Crippen LogP contribution < -0.4 is 4.74 Å². The van der Waals surface area contributed by atoms with Gasteiger partial charge in [0.2, 0.25) is 0 Å². The summed E-state index contributed by atoms with van der Waals surface area (Å²) >= 11 is 0. The molecule has 196 valence electrons. The third kappa shape index (κ3) is 3.89. The van der Waals surface area contributed by atoms with Crippen molar-refractivity contribution in [3.05, 3.63) is 30.3 Å². The molecule has 2 nitrogen and oxygen atoms in total. The van der Waals surface area contributed by atoms with E-state index in [9.17, 15) is 79.4 Å². The van der Waals surface area contributed by atoms with Gasteiger partial charge >= 0.3 is 53.6 Å². The summed E-state index contributed by atoms with van der Waals surface area (Å²) in [7, 11) is 0. The molecule has 0 aliphatic carbocycles. The first-order valence-electron chi connectivity index (χ1n) is 7.74. The summed E-state index contributed by atoms with van der Waals surface area (Å²) in [6, 6.07) is 3.83. The minimum Gasteiger partial charge on any atom is -0.422 e. The Morgan fingerprint density at radius 2 is 0.824 bits per heavy atom. The topological polar surface area (TPSA) is 26.3 Å². The maximum Gasteiger partial charge on any atom is 0.460 e. The van der Waals surface area contributed by atoms with Crippen molar-refractivity contribution in [2.45, 2.75) is 47.6 Å². The summed E-state index contributed by atoms with van der Waals surface area (Å²) in [4.78, 5) is 11.2. The molecule has 0 saturated heterocycles. The zero-order valence-corrected chi connectivity index (χ0v) is 15.1. The lowest BCUT2D eigenvalue weighted by atomic mass is 9.89. The fraction of sp³-hybridized carbons (Fsp3) is 0.533. The highest BCUT2D eigenvalue weighted by molar-refractivity contribution is 5.81. The number of benzene rings is 1. The Morgan fingerprint density at radius 3 is 1.18 bits per heavy atom. The van der Waals surface area contributed by atoms with Gasteiger partial charge in [0.1, 0.15) is 5.75 Å². The lowest BCUT2D eigenvalue weighted by molar-refractivity contribution is -0.459. The molecule has 0 aliphatic heterocycles. The Bertz CT molecular complexity index is 888. The molecule has 1 rings (SSSR count). The number of rotatable bonds is 8. The van der Waals surface area contributed by atoms with Crippen LogP contribution in [0.3, 0.4) is 0 Å². The van der Waals surface area contributed by atoms with Crippen LogP contribution in [-0.4, -0.2) is 53.6 Å². The number of hydrogen-bond acceptors (Lipinski definition) is 2. The van der Waals surface area contributed by atoms with Gasteiger partial charge in [0.05, 0.1) is 0 Å². The van der Waals surface area contributed by atoms with Crippen LogP contribution in [0.4, 0.5) is 74.6 Å². The quantitative estimate of drug-likeness (QED) is 0.211. The summed E-state index contributed by atoms with van der Waals surface area (Å²) in [5.41, 5.74) is 0. The molecule has 0 saturated carbocycles. The average Bonchev–Trinajstić information content (AvgIpc) is 2.66. The third-order valence-corrected chi connectivity index (χ3v) is 3.93. The number of alkyl halides is 17. The molecule has 1 aromatic rings. The molecule has 1 aromatic carbocycles. The monoisotopic (exact) mass is 540 g/mol. The molecule has 0 spiro atoms. The summed E-state index contributed by atoms with van der Waals surface area (Å²) < 4.78 is 226. The van der Waals surface area contributed by atoms with Crippen LogP contribution >= 0.6 is 0 Å². The van der Waals surface area contributed by atoms with Crippen molar-refractivity contribution in [3.8, 4) is 5.75 Å². The van der Waals surface area contributed by atoms with Crippen LogP contribution in [0.25, 0.3) is 0 Å². The first kappa shape index (κ1) is 29.5. The molecule has 0 N–H and O–H groups in total. The maximum absolute atomic E-state index is 13.6. The Hall–Kier alpha value is -2.50. The van der Waals surface area contributed by atoms with Crippen molar-refractivity contribution in [3.63, 3.8) is 0 Å². The molecule has 0 atom stereocenters. The van der Waals surface area contributed by atoms with Crippen LogP contribution in [0.1, 0.15) is 0 Å². The van der Waals surface area contributed by atoms with E-state index in [0.29, 0.717) is 12.1 Å². The maximum atomic E-state index is 13.6. The second kappa shape index (κ2) is 8.03. The van der Waals surface area contributed by atoms with Gasteiger partial charge < -0.3 is 4.74 Å². The van der Waals surface area contributed by atoms with Crippen LogP contribution in [0.15, 0.2) is 30.3 Å². The van der Waals surface area contributed by atoms with Crippen molar-refractivity contribution in [1.82, 2.24) is 0 Å². The summed E-state index contributed by atoms with van der Waals surface area (Å²) in [5, 5.41) is 0. The van der Waals surface area contributed by atoms with Crippen LogP contribution in [0.5, 0.6) is 5.75 Å². The second-order valence-electron chi connectivity index (χ2n) is 6.22. The first-order chi connectivity index (χ1) is 14.7. The summed E-state index contributed by atoms with van der Waals surface area (Å²) in [6.45, 7) is 0. The van der Waals surface area contributed by atoms with E-state index in [2.05, 4.69) is 4.74 Å². The van der Waals surface area contributed by atoms with Crippen LogP contribution in [0, 0.1) is 0 Å². The van der Waals surface area contributed by atoms with E-state index in [-0.39, 0.29) is 0 Å². The molecular formula is C15H5F17O2. The van der Waals surface area contributed by atoms with Crippen molar-refractivity contribution >= 4 is 5.97 Å². The van der Waals surface area contributed by atoms with Crippen LogP contribution in [-0.2, 0) is 4.79 Å². The van der Waals surface area contributed by atoms with Gasteiger partial charge in [0.15, 0.2) is 0 Å². The highest BCUT2D eigenvalue weighted by atomic mass is 19.4. The predicted molar refractivity (Wildman–Crippen MR) is 72.8 cm³/mol. The van der Waals surface area contributed by atoms with E-state index in [0.717, 1.165) is 18.2 Å². The van der Waals surface area contributed by atoms with Crippen molar-refractivity contribution in [2.24, 2.45) is 0 Å². The van der Waals surface area contributed by atoms with Crippen molar-refractivity contribution < 1.29 is 84.2 Å². The molecule has 0 amide bonds.